The third-order valence-corrected chi connectivity index (χ3v) is 4.39. The lowest BCUT2D eigenvalue weighted by atomic mass is 10.1. The number of methoxy groups -OCH3 is 2. The Morgan fingerprint density at radius 1 is 1.33 bits per heavy atom. The van der Waals surface area contributed by atoms with Crippen molar-refractivity contribution in [2.24, 2.45) is 0 Å². The van der Waals surface area contributed by atoms with Crippen molar-refractivity contribution in [2.45, 2.75) is 24.2 Å². The second-order valence-corrected chi connectivity index (χ2v) is 5.81. The summed E-state index contributed by atoms with van der Waals surface area (Å²) in [4.78, 5) is 4.51. The second-order valence-electron chi connectivity index (χ2n) is 4.82. The van der Waals surface area contributed by atoms with Crippen molar-refractivity contribution in [3.8, 4) is 11.5 Å². The maximum absolute atomic E-state index is 9.64. The van der Waals surface area contributed by atoms with Gasteiger partial charge in [0.25, 0.3) is 0 Å². The van der Waals surface area contributed by atoms with Crippen molar-refractivity contribution in [3.63, 3.8) is 0 Å². The quantitative estimate of drug-likeness (QED) is 0.919. The minimum absolute atomic E-state index is 0.349. The molecule has 1 aromatic heterocycles. The van der Waals surface area contributed by atoms with Gasteiger partial charge in [-0.15, -0.1) is 0 Å². The summed E-state index contributed by atoms with van der Waals surface area (Å²) in [6.07, 6.45) is 0.273. The first-order valence-electron chi connectivity index (χ1n) is 6.65. The number of fused-ring (bicyclic) bond motifs is 1. The van der Waals surface area contributed by atoms with E-state index in [1.807, 2.05) is 18.2 Å². The van der Waals surface area contributed by atoms with Gasteiger partial charge >= 0.3 is 0 Å². The number of thioether (sulfide) groups is 1. The molecule has 0 amide bonds. The number of hydrogen-bond acceptors (Lipinski definition) is 6. The van der Waals surface area contributed by atoms with E-state index in [2.05, 4.69) is 10.1 Å². The van der Waals surface area contributed by atoms with Crippen molar-refractivity contribution in [2.75, 3.05) is 20.0 Å². The zero-order valence-corrected chi connectivity index (χ0v) is 12.8. The van der Waals surface area contributed by atoms with Crippen LogP contribution in [0.2, 0.25) is 0 Å². The summed E-state index contributed by atoms with van der Waals surface area (Å²) in [5.74, 6) is 2.83. The summed E-state index contributed by atoms with van der Waals surface area (Å²) in [7, 11) is 3.23. The Balaban J connectivity index is 1.81. The molecule has 0 radical (unpaired) electrons. The second kappa shape index (κ2) is 5.95. The van der Waals surface area contributed by atoms with Crippen LogP contribution in [0.1, 0.15) is 11.4 Å². The first-order chi connectivity index (χ1) is 10.2. The molecule has 1 aromatic carbocycles. The van der Waals surface area contributed by atoms with Gasteiger partial charge in [-0.3, -0.25) is 0 Å². The van der Waals surface area contributed by atoms with Gasteiger partial charge in [0.05, 0.1) is 26.9 Å². The van der Waals surface area contributed by atoms with E-state index >= 15 is 0 Å². The third kappa shape index (κ3) is 2.98. The van der Waals surface area contributed by atoms with E-state index in [-0.39, 0.29) is 6.10 Å². The fourth-order valence-corrected chi connectivity index (χ4v) is 3.15. The minimum atomic E-state index is -0.349. The molecule has 112 valence electrons. The molecule has 3 rings (SSSR count). The summed E-state index contributed by atoms with van der Waals surface area (Å²) in [5, 5.41) is 15.0. The number of aliphatic hydroxyl groups excluding tert-OH is 1. The summed E-state index contributed by atoms with van der Waals surface area (Å²) in [6, 6.07) is 5.78. The molecule has 0 fully saturated rings. The zero-order chi connectivity index (χ0) is 14.8. The Kier molecular flexibility index (Phi) is 4.03. The number of aromatic nitrogens is 3. The Morgan fingerprint density at radius 2 is 2.14 bits per heavy atom. The number of aliphatic hydroxyl groups is 1. The van der Waals surface area contributed by atoms with Crippen molar-refractivity contribution in [1.29, 1.82) is 0 Å². The molecule has 1 unspecified atom stereocenters. The predicted octanol–water partition coefficient (Wildman–Crippen LogP) is 1.35. The number of hydrogen-bond donors (Lipinski definition) is 1. The largest absolute Gasteiger partial charge is 0.493 e. The van der Waals surface area contributed by atoms with E-state index in [9.17, 15) is 5.11 Å². The molecule has 1 atom stereocenters. The molecule has 2 heterocycles. The highest BCUT2D eigenvalue weighted by atomic mass is 32.2. The number of rotatable bonds is 4. The van der Waals surface area contributed by atoms with Gasteiger partial charge in [-0.1, -0.05) is 17.8 Å². The molecule has 2 aromatic rings. The lowest BCUT2D eigenvalue weighted by molar-refractivity contribution is 0.164. The van der Waals surface area contributed by atoms with Gasteiger partial charge in [0.2, 0.25) is 0 Å². The van der Waals surface area contributed by atoms with E-state index < -0.39 is 0 Å². The smallest absolute Gasteiger partial charge is 0.186 e. The SMILES string of the molecule is COc1ccc(Cc2nc3n(n2)CC(O)CS3)cc1OC. The van der Waals surface area contributed by atoms with Crippen LogP contribution in [0.3, 0.4) is 0 Å². The van der Waals surface area contributed by atoms with E-state index in [0.29, 0.717) is 30.2 Å². The fourth-order valence-electron chi connectivity index (χ4n) is 2.27. The van der Waals surface area contributed by atoms with Gasteiger partial charge in [0.15, 0.2) is 22.5 Å². The van der Waals surface area contributed by atoms with E-state index in [1.54, 1.807) is 18.9 Å². The molecule has 21 heavy (non-hydrogen) atoms. The first-order valence-corrected chi connectivity index (χ1v) is 7.63. The van der Waals surface area contributed by atoms with Crippen LogP contribution in [0, 0.1) is 0 Å². The van der Waals surface area contributed by atoms with Crippen molar-refractivity contribution in [1.82, 2.24) is 14.8 Å². The van der Waals surface area contributed by atoms with Crippen LogP contribution in [-0.4, -0.2) is 45.9 Å². The maximum atomic E-state index is 9.64. The van der Waals surface area contributed by atoms with Crippen molar-refractivity contribution >= 4 is 11.8 Å². The van der Waals surface area contributed by atoms with Crippen molar-refractivity contribution in [3.05, 3.63) is 29.6 Å². The van der Waals surface area contributed by atoms with Gasteiger partial charge in [-0.25, -0.2) is 9.67 Å². The van der Waals surface area contributed by atoms with Crippen LogP contribution < -0.4 is 9.47 Å². The van der Waals surface area contributed by atoms with Gasteiger partial charge in [-0.05, 0) is 17.7 Å². The summed E-state index contributed by atoms with van der Waals surface area (Å²) in [5.41, 5.74) is 1.06. The molecule has 1 N–H and O–H groups in total. The van der Waals surface area contributed by atoms with Gasteiger partial charge in [0.1, 0.15) is 0 Å². The van der Waals surface area contributed by atoms with E-state index in [1.165, 1.54) is 11.8 Å². The Labute approximate surface area is 127 Å². The Bertz CT molecular complexity index is 644. The molecule has 0 saturated carbocycles. The topological polar surface area (TPSA) is 69.4 Å². The molecule has 0 aliphatic carbocycles. The zero-order valence-electron chi connectivity index (χ0n) is 11.9. The molecular formula is C14H17N3O3S. The van der Waals surface area contributed by atoms with Crippen LogP contribution in [-0.2, 0) is 13.0 Å². The van der Waals surface area contributed by atoms with E-state index in [4.69, 9.17) is 9.47 Å². The van der Waals surface area contributed by atoms with E-state index in [0.717, 1.165) is 16.5 Å². The normalized spacial score (nSPS) is 17.4. The third-order valence-electron chi connectivity index (χ3n) is 3.28. The number of nitrogens with zero attached hydrogens (tertiary/aromatic N) is 3. The van der Waals surface area contributed by atoms with Gasteiger partial charge < -0.3 is 14.6 Å². The van der Waals surface area contributed by atoms with Crippen molar-refractivity contribution < 1.29 is 14.6 Å². The van der Waals surface area contributed by atoms with Crippen LogP contribution in [0.4, 0.5) is 0 Å². The highest BCUT2D eigenvalue weighted by Gasteiger charge is 2.20. The van der Waals surface area contributed by atoms with Gasteiger partial charge in [-0.2, -0.15) is 5.10 Å². The highest BCUT2D eigenvalue weighted by molar-refractivity contribution is 7.99. The average molecular weight is 307 g/mol. The molecular weight excluding hydrogens is 290 g/mol. The summed E-state index contributed by atoms with van der Waals surface area (Å²) >= 11 is 1.54. The van der Waals surface area contributed by atoms with Crippen LogP contribution >= 0.6 is 11.8 Å². The monoisotopic (exact) mass is 307 g/mol. The van der Waals surface area contributed by atoms with Crippen LogP contribution in [0.15, 0.2) is 23.4 Å². The molecule has 0 spiro atoms. The van der Waals surface area contributed by atoms with Crippen LogP contribution in [0.25, 0.3) is 0 Å². The molecule has 7 heteroatoms. The lowest BCUT2D eigenvalue weighted by Gasteiger charge is -2.16. The molecule has 0 saturated heterocycles. The van der Waals surface area contributed by atoms with Gasteiger partial charge in [0, 0.05) is 12.2 Å². The Hall–Kier alpha value is -1.73. The number of ether oxygens (including phenoxy) is 2. The minimum Gasteiger partial charge on any atom is -0.493 e. The fraction of sp³-hybridized carbons (Fsp3) is 0.429. The summed E-state index contributed by atoms with van der Waals surface area (Å²) in [6.45, 7) is 0.515. The van der Waals surface area contributed by atoms with Crippen LogP contribution in [0.5, 0.6) is 11.5 Å². The first kappa shape index (κ1) is 14.2. The lowest BCUT2D eigenvalue weighted by Crippen LogP contribution is -2.24. The molecule has 1 aliphatic heterocycles. The summed E-state index contributed by atoms with van der Waals surface area (Å²) < 4.78 is 12.3. The average Bonchev–Trinajstić information content (AvgIpc) is 2.88. The Morgan fingerprint density at radius 3 is 2.90 bits per heavy atom. The number of benzene rings is 1. The molecule has 0 bridgehead atoms. The standard InChI is InChI=1S/C14H17N3O3S/c1-19-11-4-3-9(5-12(11)20-2)6-13-15-14-17(16-13)7-10(18)8-21-14/h3-5,10,18H,6-8H2,1-2H3. The maximum Gasteiger partial charge on any atom is 0.186 e. The highest BCUT2D eigenvalue weighted by Crippen LogP contribution is 2.29. The molecule has 6 nitrogen and oxygen atoms in total. The predicted molar refractivity (Wildman–Crippen MR) is 79.1 cm³/mol. The molecule has 1 aliphatic rings.